The van der Waals surface area contributed by atoms with Crippen LogP contribution >= 0.6 is 0 Å². The third kappa shape index (κ3) is 6.21. The standard InChI is InChI=1S/C24H28FN3O5/c1-4-13-30-20-12-11-16(15-21(20)31-14-5-2)22-23(28-33-27-22)26-24(29)18(6-3)32-19-10-8-7-9-17(19)25/h7-12,15,18H,4-6,13-14H2,1-3H3,(H,26,28,29)/t18-/m0/s1. The van der Waals surface area contributed by atoms with E-state index in [4.69, 9.17) is 18.8 Å². The number of rotatable bonds is 12. The average Bonchev–Trinajstić information content (AvgIpc) is 3.29. The molecular formula is C24H28FN3O5. The number of carbonyl (C=O) groups is 1. The van der Waals surface area contributed by atoms with E-state index in [-0.39, 0.29) is 11.6 Å². The van der Waals surface area contributed by atoms with Crippen LogP contribution in [0.25, 0.3) is 11.3 Å². The molecule has 3 rings (SSSR count). The van der Waals surface area contributed by atoms with E-state index in [1.54, 1.807) is 37.3 Å². The number of hydrogen-bond acceptors (Lipinski definition) is 7. The molecule has 8 nitrogen and oxygen atoms in total. The highest BCUT2D eigenvalue weighted by atomic mass is 19.1. The largest absolute Gasteiger partial charge is 0.490 e. The van der Waals surface area contributed by atoms with Gasteiger partial charge in [-0.25, -0.2) is 9.02 Å². The van der Waals surface area contributed by atoms with Crippen LogP contribution in [-0.4, -0.2) is 35.5 Å². The maximum atomic E-state index is 13.9. The van der Waals surface area contributed by atoms with Crippen LogP contribution in [0.2, 0.25) is 0 Å². The zero-order chi connectivity index (χ0) is 23.6. The Hall–Kier alpha value is -3.62. The number of anilines is 1. The van der Waals surface area contributed by atoms with Crippen LogP contribution in [0.15, 0.2) is 47.1 Å². The number of nitrogens with one attached hydrogen (secondary N) is 1. The molecule has 1 heterocycles. The van der Waals surface area contributed by atoms with Crippen molar-refractivity contribution in [2.24, 2.45) is 0 Å². The van der Waals surface area contributed by atoms with Gasteiger partial charge in [0.1, 0.15) is 0 Å². The molecule has 0 aliphatic carbocycles. The zero-order valence-electron chi connectivity index (χ0n) is 19.0. The normalized spacial score (nSPS) is 11.6. The van der Waals surface area contributed by atoms with E-state index in [0.29, 0.717) is 42.4 Å². The van der Waals surface area contributed by atoms with Crippen LogP contribution in [-0.2, 0) is 4.79 Å². The van der Waals surface area contributed by atoms with Gasteiger partial charge in [-0.05, 0) is 59.9 Å². The van der Waals surface area contributed by atoms with Crippen molar-refractivity contribution in [1.82, 2.24) is 10.3 Å². The van der Waals surface area contributed by atoms with Gasteiger partial charge in [0.2, 0.25) is 5.82 Å². The molecule has 1 atom stereocenters. The van der Waals surface area contributed by atoms with Crippen LogP contribution in [0, 0.1) is 5.82 Å². The van der Waals surface area contributed by atoms with E-state index in [9.17, 15) is 9.18 Å². The number of benzene rings is 2. The molecule has 0 spiro atoms. The Bertz CT molecular complexity index is 1060. The molecule has 0 saturated heterocycles. The van der Waals surface area contributed by atoms with Crippen LogP contribution in [0.1, 0.15) is 40.0 Å². The van der Waals surface area contributed by atoms with E-state index in [2.05, 4.69) is 15.6 Å². The summed E-state index contributed by atoms with van der Waals surface area (Å²) in [4.78, 5) is 12.8. The van der Waals surface area contributed by atoms with Crippen LogP contribution < -0.4 is 19.5 Å². The molecule has 2 aromatic carbocycles. The van der Waals surface area contributed by atoms with E-state index in [0.717, 1.165) is 12.8 Å². The van der Waals surface area contributed by atoms with Crippen molar-refractivity contribution in [2.75, 3.05) is 18.5 Å². The number of ether oxygens (including phenoxy) is 3. The van der Waals surface area contributed by atoms with E-state index < -0.39 is 17.8 Å². The Morgan fingerprint density at radius 2 is 1.73 bits per heavy atom. The Morgan fingerprint density at radius 3 is 2.42 bits per heavy atom. The highest BCUT2D eigenvalue weighted by Crippen LogP contribution is 2.34. The molecule has 0 bridgehead atoms. The van der Waals surface area contributed by atoms with E-state index in [1.807, 2.05) is 13.8 Å². The van der Waals surface area contributed by atoms with Gasteiger partial charge >= 0.3 is 0 Å². The first-order valence-corrected chi connectivity index (χ1v) is 11.0. The first-order chi connectivity index (χ1) is 16.1. The molecule has 9 heteroatoms. The Labute approximate surface area is 192 Å². The fraction of sp³-hybridized carbons (Fsp3) is 0.375. The van der Waals surface area contributed by atoms with E-state index in [1.165, 1.54) is 12.1 Å². The maximum Gasteiger partial charge on any atom is 0.266 e. The van der Waals surface area contributed by atoms with Gasteiger partial charge in [0, 0.05) is 5.56 Å². The summed E-state index contributed by atoms with van der Waals surface area (Å²) < 4.78 is 36.0. The number of carbonyl (C=O) groups excluding carboxylic acids is 1. The predicted octanol–water partition coefficient (Wildman–Crippen LogP) is 5.25. The molecule has 0 unspecified atom stereocenters. The van der Waals surface area contributed by atoms with Gasteiger partial charge < -0.3 is 19.5 Å². The second-order valence-corrected chi connectivity index (χ2v) is 7.25. The first kappa shape index (κ1) is 24.0. The number of hydrogen-bond donors (Lipinski definition) is 1. The monoisotopic (exact) mass is 457 g/mol. The van der Waals surface area contributed by atoms with Crippen molar-refractivity contribution in [2.45, 2.75) is 46.1 Å². The van der Waals surface area contributed by atoms with Crippen LogP contribution in [0.5, 0.6) is 17.2 Å². The summed E-state index contributed by atoms with van der Waals surface area (Å²) >= 11 is 0. The molecular weight excluding hydrogens is 429 g/mol. The quantitative estimate of drug-likeness (QED) is 0.397. The average molecular weight is 458 g/mol. The molecule has 3 aromatic rings. The van der Waals surface area contributed by atoms with Crippen molar-refractivity contribution < 1.29 is 28.0 Å². The Balaban J connectivity index is 1.79. The van der Waals surface area contributed by atoms with Gasteiger partial charge in [0.15, 0.2) is 34.9 Å². The molecule has 0 aliphatic heterocycles. The molecule has 1 N–H and O–H groups in total. The smallest absolute Gasteiger partial charge is 0.266 e. The second kappa shape index (κ2) is 11.8. The van der Waals surface area contributed by atoms with Crippen LogP contribution in [0.4, 0.5) is 10.2 Å². The lowest BCUT2D eigenvalue weighted by Crippen LogP contribution is -2.32. The lowest BCUT2D eigenvalue weighted by molar-refractivity contribution is -0.122. The lowest BCUT2D eigenvalue weighted by Gasteiger charge is -2.17. The SMILES string of the molecule is CCCOc1ccc(-c2nonc2NC(=O)[C@H](CC)Oc2ccccc2F)cc1OCCC. The molecule has 0 saturated carbocycles. The number of aromatic nitrogens is 2. The van der Waals surface area contributed by atoms with Gasteiger partial charge in [-0.1, -0.05) is 32.9 Å². The number of para-hydroxylation sites is 1. The van der Waals surface area contributed by atoms with Crippen molar-refractivity contribution in [1.29, 1.82) is 0 Å². The molecule has 1 amide bonds. The molecule has 0 fully saturated rings. The topological polar surface area (TPSA) is 95.7 Å². The minimum atomic E-state index is -0.931. The zero-order valence-corrected chi connectivity index (χ0v) is 19.0. The van der Waals surface area contributed by atoms with E-state index >= 15 is 0 Å². The van der Waals surface area contributed by atoms with Crippen molar-refractivity contribution in [3.05, 3.63) is 48.3 Å². The van der Waals surface area contributed by atoms with Crippen LogP contribution in [0.3, 0.4) is 0 Å². The van der Waals surface area contributed by atoms with Crippen molar-refractivity contribution in [3.63, 3.8) is 0 Å². The first-order valence-electron chi connectivity index (χ1n) is 11.0. The molecule has 0 radical (unpaired) electrons. The number of nitrogens with zero attached hydrogens (tertiary/aromatic N) is 2. The highest BCUT2D eigenvalue weighted by Gasteiger charge is 2.24. The van der Waals surface area contributed by atoms with Crippen molar-refractivity contribution >= 4 is 11.7 Å². The van der Waals surface area contributed by atoms with Gasteiger partial charge in [0.25, 0.3) is 5.91 Å². The highest BCUT2D eigenvalue weighted by molar-refractivity contribution is 5.96. The predicted molar refractivity (Wildman–Crippen MR) is 121 cm³/mol. The minimum absolute atomic E-state index is 0.00150. The fourth-order valence-corrected chi connectivity index (χ4v) is 2.98. The van der Waals surface area contributed by atoms with Gasteiger partial charge in [-0.2, -0.15) is 0 Å². The number of amides is 1. The maximum absolute atomic E-state index is 13.9. The van der Waals surface area contributed by atoms with Gasteiger partial charge in [-0.3, -0.25) is 4.79 Å². The third-order valence-corrected chi connectivity index (χ3v) is 4.64. The lowest BCUT2D eigenvalue weighted by atomic mass is 10.1. The summed E-state index contributed by atoms with van der Waals surface area (Å²) in [5.74, 6) is 0.274. The Morgan fingerprint density at radius 1 is 1.00 bits per heavy atom. The number of halogens is 1. The van der Waals surface area contributed by atoms with Gasteiger partial charge in [0.05, 0.1) is 13.2 Å². The summed E-state index contributed by atoms with van der Waals surface area (Å²) in [5, 5.41) is 10.4. The molecule has 33 heavy (non-hydrogen) atoms. The fourth-order valence-electron chi connectivity index (χ4n) is 2.98. The second-order valence-electron chi connectivity index (χ2n) is 7.25. The summed E-state index contributed by atoms with van der Waals surface area (Å²) in [6.07, 6.45) is 1.09. The molecule has 176 valence electrons. The third-order valence-electron chi connectivity index (χ3n) is 4.64. The molecule has 1 aromatic heterocycles. The Kier molecular flexibility index (Phi) is 8.63. The summed E-state index contributed by atoms with van der Waals surface area (Å²) in [5.41, 5.74) is 0.956. The summed E-state index contributed by atoms with van der Waals surface area (Å²) in [6, 6.07) is 11.3. The summed E-state index contributed by atoms with van der Waals surface area (Å²) in [6.45, 7) is 6.89. The minimum Gasteiger partial charge on any atom is -0.490 e. The molecule has 0 aliphatic rings. The summed E-state index contributed by atoms with van der Waals surface area (Å²) in [7, 11) is 0. The van der Waals surface area contributed by atoms with Crippen molar-refractivity contribution in [3.8, 4) is 28.5 Å². The van der Waals surface area contributed by atoms with Gasteiger partial charge in [-0.15, -0.1) is 0 Å².